The number of amides is 1. The molecule has 4 N–H and O–H groups in total. The summed E-state index contributed by atoms with van der Waals surface area (Å²) in [7, 11) is 0. The van der Waals surface area contributed by atoms with E-state index in [0.29, 0.717) is 11.3 Å². The van der Waals surface area contributed by atoms with Gasteiger partial charge >= 0.3 is 12.1 Å². The lowest BCUT2D eigenvalue weighted by Gasteiger charge is -2.34. The van der Waals surface area contributed by atoms with Crippen molar-refractivity contribution < 1.29 is 19.1 Å². The standard InChI is InChI=1S/C16H28N4O4/c1-7-23-11(21)8-19-13(18)10-9-20(16(5,6)12(10)17)14(22)24-15(2,3)4/h7-9,17H2,1-6H3,(H2,18,19). The van der Waals surface area contributed by atoms with E-state index in [1.807, 2.05) is 0 Å². The average Bonchev–Trinajstić information content (AvgIpc) is 2.66. The first-order valence-electron chi connectivity index (χ1n) is 7.85. The molecule has 0 bridgehead atoms. The van der Waals surface area contributed by atoms with Gasteiger partial charge in [0.25, 0.3) is 0 Å². The Hall–Kier alpha value is -2.25. The molecular weight excluding hydrogens is 312 g/mol. The Morgan fingerprint density at radius 1 is 1.33 bits per heavy atom. The molecule has 1 aliphatic heterocycles. The van der Waals surface area contributed by atoms with E-state index < -0.39 is 23.2 Å². The Bertz CT molecular complexity index is 573. The third kappa shape index (κ3) is 4.62. The fraction of sp³-hybridized carbons (Fsp3) is 0.688. The molecule has 0 aliphatic carbocycles. The topological polar surface area (TPSA) is 120 Å². The number of ether oxygens (including phenoxy) is 2. The first kappa shape index (κ1) is 19.8. The second-order valence-corrected chi connectivity index (χ2v) is 7.02. The van der Waals surface area contributed by atoms with Crippen LogP contribution in [0.25, 0.3) is 0 Å². The minimum absolute atomic E-state index is 0.125. The van der Waals surface area contributed by atoms with E-state index in [9.17, 15) is 9.59 Å². The Labute approximate surface area is 142 Å². The normalized spacial score (nSPS) is 17.9. The average molecular weight is 340 g/mol. The predicted molar refractivity (Wildman–Crippen MR) is 91.4 cm³/mol. The van der Waals surface area contributed by atoms with E-state index in [1.54, 1.807) is 41.5 Å². The summed E-state index contributed by atoms with van der Waals surface area (Å²) >= 11 is 0. The molecular formula is C16H28N4O4. The highest BCUT2D eigenvalue weighted by molar-refractivity contribution is 6.00. The van der Waals surface area contributed by atoms with Crippen LogP contribution in [0.2, 0.25) is 0 Å². The molecule has 1 rings (SSSR count). The molecule has 0 atom stereocenters. The van der Waals surface area contributed by atoms with Gasteiger partial charge in [-0.3, -0.25) is 14.7 Å². The van der Waals surface area contributed by atoms with Crippen LogP contribution in [0.4, 0.5) is 4.79 Å². The maximum atomic E-state index is 12.4. The van der Waals surface area contributed by atoms with Gasteiger partial charge in [0.05, 0.1) is 18.7 Å². The molecule has 0 aromatic heterocycles. The summed E-state index contributed by atoms with van der Waals surface area (Å²) in [4.78, 5) is 29.3. The summed E-state index contributed by atoms with van der Waals surface area (Å²) in [5, 5.41) is 0. The number of amidine groups is 1. The molecule has 0 aromatic carbocycles. The highest BCUT2D eigenvalue weighted by Crippen LogP contribution is 2.32. The SMILES string of the molecule is CCOC(=O)CN=C(N)C1=C(N)C(C)(C)N(C(=O)OC(C)(C)C)C1. The van der Waals surface area contributed by atoms with Gasteiger partial charge in [-0.2, -0.15) is 0 Å². The van der Waals surface area contributed by atoms with Crippen LogP contribution in [-0.4, -0.2) is 53.6 Å². The molecule has 0 saturated carbocycles. The Morgan fingerprint density at radius 3 is 2.42 bits per heavy atom. The number of rotatable bonds is 4. The molecule has 0 saturated heterocycles. The van der Waals surface area contributed by atoms with E-state index in [2.05, 4.69) is 4.99 Å². The second kappa shape index (κ2) is 7.11. The zero-order chi connectivity index (χ0) is 18.7. The lowest BCUT2D eigenvalue weighted by Crippen LogP contribution is -2.48. The summed E-state index contributed by atoms with van der Waals surface area (Å²) < 4.78 is 10.2. The monoisotopic (exact) mass is 340 g/mol. The molecule has 1 aliphatic rings. The van der Waals surface area contributed by atoms with E-state index in [4.69, 9.17) is 20.9 Å². The van der Waals surface area contributed by atoms with Crippen LogP contribution in [0, 0.1) is 0 Å². The number of aliphatic imine (C=N–C) groups is 1. The van der Waals surface area contributed by atoms with Crippen LogP contribution >= 0.6 is 0 Å². The molecule has 136 valence electrons. The van der Waals surface area contributed by atoms with Gasteiger partial charge in [0.1, 0.15) is 18.0 Å². The zero-order valence-corrected chi connectivity index (χ0v) is 15.3. The molecule has 0 aromatic rings. The number of carbonyl (C=O) groups is 2. The van der Waals surface area contributed by atoms with Crippen molar-refractivity contribution in [3.05, 3.63) is 11.3 Å². The predicted octanol–water partition coefficient (Wildman–Crippen LogP) is 1.15. The largest absolute Gasteiger partial charge is 0.465 e. The Morgan fingerprint density at radius 2 is 1.92 bits per heavy atom. The molecule has 0 fully saturated rings. The van der Waals surface area contributed by atoms with Crippen molar-refractivity contribution in [1.82, 2.24) is 4.90 Å². The zero-order valence-electron chi connectivity index (χ0n) is 15.3. The third-order valence-electron chi connectivity index (χ3n) is 3.58. The number of hydrogen-bond acceptors (Lipinski definition) is 6. The van der Waals surface area contributed by atoms with Crippen molar-refractivity contribution in [3.8, 4) is 0 Å². The van der Waals surface area contributed by atoms with Gasteiger partial charge in [-0.05, 0) is 41.5 Å². The first-order chi connectivity index (χ1) is 10.9. The molecule has 0 radical (unpaired) electrons. The fourth-order valence-corrected chi connectivity index (χ4v) is 2.24. The summed E-state index contributed by atoms with van der Waals surface area (Å²) in [6.45, 7) is 11.0. The van der Waals surface area contributed by atoms with Crippen molar-refractivity contribution >= 4 is 17.9 Å². The van der Waals surface area contributed by atoms with Gasteiger partial charge in [-0.1, -0.05) is 0 Å². The van der Waals surface area contributed by atoms with E-state index >= 15 is 0 Å². The van der Waals surface area contributed by atoms with Crippen molar-refractivity contribution in [2.45, 2.75) is 52.7 Å². The quantitative estimate of drug-likeness (QED) is 0.450. The van der Waals surface area contributed by atoms with Gasteiger partial charge in [0.15, 0.2) is 0 Å². The summed E-state index contributed by atoms with van der Waals surface area (Å²) in [6, 6.07) is 0. The van der Waals surface area contributed by atoms with E-state index in [0.717, 1.165) is 0 Å². The van der Waals surface area contributed by atoms with Crippen LogP contribution in [0.1, 0.15) is 41.5 Å². The number of hydrogen-bond donors (Lipinski definition) is 2. The molecule has 0 spiro atoms. The van der Waals surface area contributed by atoms with Crippen molar-refractivity contribution in [2.24, 2.45) is 16.5 Å². The van der Waals surface area contributed by atoms with Crippen LogP contribution in [0.5, 0.6) is 0 Å². The maximum Gasteiger partial charge on any atom is 0.411 e. The second-order valence-electron chi connectivity index (χ2n) is 7.02. The van der Waals surface area contributed by atoms with Crippen LogP contribution in [0.3, 0.4) is 0 Å². The molecule has 8 heteroatoms. The van der Waals surface area contributed by atoms with Crippen LogP contribution in [0.15, 0.2) is 16.3 Å². The minimum Gasteiger partial charge on any atom is -0.465 e. The van der Waals surface area contributed by atoms with Gasteiger partial charge in [-0.25, -0.2) is 4.79 Å². The lowest BCUT2D eigenvalue weighted by molar-refractivity contribution is -0.141. The van der Waals surface area contributed by atoms with Gasteiger partial charge in [-0.15, -0.1) is 0 Å². The van der Waals surface area contributed by atoms with Crippen LogP contribution < -0.4 is 11.5 Å². The van der Waals surface area contributed by atoms with Crippen molar-refractivity contribution in [2.75, 3.05) is 19.7 Å². The minimum atomic E-state index is -0.762. The summed E-state index contributed by atoms with van der Waals surface area (Å²) in [5.41, 5.74) is 11.7. The number of esters is 1. The number of nitrogens with zero attached hydrogens (tertiary/aromatic N) is 2. The summed E-state index contributed by atoms with van der Waals surface area (Å²) in [5.74, 6) is -0.347. The highest BCUT2D eigenvalue weighted by atomic mass is 16.6. The van der Waals surface area contributed by atoms with Gasteiger partial charge in [0.2, 0.25) is 0 Å². The fourth-order valence-electron chi connectivity index (χ4n) is 2.24. The smallest absolute Gasteiger partial charge is 0.411 e. The van der Waals surface area contributed by atoms with E-state index in [-0.39, 0.29) is 25.5 Å². The molecule has 24 heavy (non-hydrogen) atoms. The van der Waals surface area contributed by atoms with Gasteiger partial charge in [0, 0.05) is 11.3 Å². The highest BCUT2D eigenvalue weighted by Gasteiger charge is 2.43. The first-order valence-corrected chi connectivity index (χ1v) is 7.85. The maximum absolute atomic E-state index is 12.4. The number of nitrogens with two attached hydrogens (primary N) is 2. The molecule has 1 amide bonds. The van der Waals surface area contributed by atoms with Crippen molar-refractivity contribution in [1.29, 1.82) is 0 Å². The number of carbonyl (C=O) groups excluding carboxylic acids is 2. The van der Waals surface area contributed by atoms with Crippen LogP contribution in [-0.2, 0) is 14.3 Å². The molecule has 8 nitrogen and oxygen atoms in total. The van der Waals surface area contributed by atoms with Gasteiger partial charge < -0.3 is 20.9 Å². The Balaban J connectivity index is 2.94. The lowest BCUT2D eigenvalue weighted by atomic mass is 10.0. The molecule has 0 unspecified atom stereocenters. The third-order valence-corrected chi connectivity index (χ3v) is 3.58. The molecule has 1 heterocycles. The summed E-state index contributed by atoms with van der Waals surface area (Å²) in [6.07, 6.45) is -0.483. The Kier molecular flexibility index (Phi) is 5.86. The van der Waals surface area contributed by atoms with Crippen molar-refractivity contribution in [3.63, 3.8) is 0 Å². The van der Waals surface area contributed by atoms with E-state index in [1.165, 1.54) is 4.90 Å².